The number of carbonyl (C=O) groups is 1. The van der Waals surface area contributed by atoms with Gasteiger partial charge >= 0.3 is 0 Å². The molecule has 4 heteroatoms. The van der Waals surface area contributed by atoms with Crippen LogP contribution in [0.4, 0.5) is 0 Å². The zero-order valence-electron chi connectivity index (χ0n) is 7.65. The van der Waals surface area contributed by atoms with Crippen LogP contribution in [0.1, 0.15) is 5.56 Å². The predicted octanol–water partition coefficient (Wildman–Crippen LogP) is 0.473. The highest BCUT2D eigenvalue weighted by Gasteiger charge is 1.98. The minimum atomic E-state index is -0.213. The molecule has 0 aliphatic rings. The Kier molecular flexibility index (Phi) is 2.30. The third kappa shape index (κ3) is 1.76. The van der Waals surface area contributed by atoms with Crippen LogP contribution in [-0.2, 0) is 4.79 Å². The third-order valence-electron chi connectivity index (χ3n) is 1.92. The van der Waals surface area contributed by atoms with E-state index in [1.807, 2.05) is 0 Å². The topological polar surface area (TPSA) is 62.8 Å². The molecular weight excluding hydrogens is 192 g/mol. The fourth-order valence-corrected chi connectivity index (χ4v) is 1.26. The summed E-state index contributed by atoms with van der Waals surface area (Å²) in [5.41, 5.74) is 1.01. The molecule has 0 unspecified atom stereocenters. The van der Waals surface area contributed by atoms with E-state index in [4.69, 9.17) is 0 Å². The number of H-pyrrole nitrogens is 1. The number of aldehydes is 1. The molecule has 1 heterocycles. The molecule has 4 nitrogen and oxygen atoms in total. The minimum Gasteiger partial charge on any atom is -0.313 e. The highest BCUT2D eigenvalue weighted by Crippen LogP contribution is 2.07. The summed E-state index contributed by atoms with van der Waals surface area (Å²) in [5, 5.41) is 0.468. The average molecular weight is 198 g/mol. The molecule has 0 aliphatic heterocycles. The van der Waals surface area contributed by atoms with Gasteiger partial charge in [0.2, 0.25) is 0 Å². The van der Waals surface area contributed by atoms with Crippen molar-refractivity contribution in [1.82, 2.24) is 9.97 Å². The minimum absolute atomic E-state index is 0.213. The Bertz CT molecular complexity index is 632. The lowest BCUT2D eigenvalue weighted by Gasteiger charge is -1.95. The van der Waals surface area contributed by atoms with Crippen molar-refractivity contribution in [2.45, 2.75) is 0 Å². The lowest BCUT2D eigenvalue weighted by atomic mass is 10.1. The molecule has 0 saturated carbocycles. The van der Waals surface area contributed by atoms with E-state index < -0.39 is 0 Å². The van der Waals surface area contributed by atoms with E-state index in [9.17, 15) is 9.59 Å². The van der Waals surface area contributed by atoms with Crippen LogP contribution in [0.15, 0.2) is 29.3 Å². The zero-order valence-corrected chi connectivity index (χ0v) is 7.65. The maximum absolute atomic E-state index is 11.4. The van der Waals surface area contributed by atoms with Gasteiger partial charge in [-0.1, -0.05) is 5.92 Å². The van der Waals surface area contributed by atoms with Crippen LogP contribution in [0.25, 0.3) is 10.9 Å². The largest absolute Gasteiger partial charge is 0.313 e. The van der Waals surface area contributed by atoms with E-state index in [0.717, 1.165) is 0 Å². The molecule has 0 spiro atoms. The normalized spacial score (nSPS) is 9.33. The fraction of sp³-hybridized carbons (Fsp3) is 0. The first-order chi connectivity index (χ1) is 7.31. The van der Waals surface area contributed by atoms with E-state index in [-0.39, 0.29) is 5.56 Å². The summed E-state index contributed by atoms with van der Waals surface area (Å²) >= 11 is 0. The maximum atomic E-state index is 11.4. The molecule has 0 atom stereocenters. The molecule has 72 valence electrons. The van der Waals surface area contributed by atoms with Gasteiger partial charge in [-0.15, -0.1) is 0 Å². The van der Waals surface area contributed by atoms with Gasteiger partial charge in [-0.2, -0.15) is 0 Å². The number of aromatic nitrogens is 2. The first-order valence-corrected chi connectivity index (χ1v) is 4.24. The number of hydrogen-bond donors (Lipinski definition) is 1. The molecular formula is C11H6N2O2. The van der Waals surface area contributed by atoms with Gasteiger partial charge < -0.3 is 4.98 Å². The van der Waals surface area contributed by atoms with Crippen LogP contribution in [-0.4, -0.2) is 16.3 Å². The van der Waals surface area contributed by atoms with E-state index in [1.165, 1.54) is 6.33 Å². The summed E-state index contributed by atoms with van der Waals surface area (Å²) in [4.78, 5) is 27.9. The Morgan fingerprint density at radius 3 is 3.07 bits per heavy atom. The summed E-state index contributed by atoms with van der Waals surface area (Å²) in [6.45, 7) is 0. The van der Waals surface area contributed by atoms with Crippen LogP contribution in [0.5, 0.6) is 0 Å². The predicted molar refractivity (Wildman–Crippen MR) is 55.3 cm³/mol. The molecule has 1 aromatic heterocycles. The van der Waals surface area contributed by atoms with Gasteiger partial charge in [-0.25, -0.2) is 4.98 Å². The molecule has 15 heavy (non-hydrogen) atoms. The SMILES string of the molecule is O=CC#Cc1ccc2nc[nH]c(=O)c2c1. The van der Waals surface area contributed by atoms with Crippen LogP contribution in [0.2, 0.25) is 0 Å². The molecule has 0 radical (unpaired) electrons. The molecule has 0 amide bonds. The van der Waals surface area contributed by atoms with Gasteiger partial charge in [-0.05, 0) is 24.1 Å². The van der Waals surface area contributed by atoms with Crippen LogP contribution in [0.3, 0.4) is 0 Å². The van der Waals surface area contributed by atoms with Crippen molar-refractivity contribution in [3.63, 3.8) is 0 Å². The van der Waals surface area contributed by atoms with E-state index in [2.05, 4.69) is 21.8 Å². The summed E-state index contributed by atoms with van der Waals surface area (Å²) in [6, 6.07) is 5.02. The molecule has 0 fully saturated rings. The smallest absolute Gasteiger partial charge is 0.258 e. The standard InChI is InChI=1S/C11H6N2O2/c14-5-1-2-8-3-4-10-9(6-8)11(15)13-7-12-10/h3-7H,(H,12,13,15). The Labute approximate surface area is 85.0 Å². The molecule has 2 rings (SSSR count). The zero-order chi connectivity index (χ0) is 10.7. The highest BCUT2D eigenvalue weighted by molar-refractivity contribution is 5.80. The second-order valence-electron chi connectivity index (χ2n) is 2.85. The second-order valence-corrected chi connectivity index (χ2v) is 2.85. The maximum Gasteiger partial charge on any atom is 0.258 e. The third-order valence-corrected chi connectivity index (χ3v) is 1.92. The van der Waals surface area contributed by atoms with Crippen molar-refractivity contribution in [1.29, 1.82) is 0 Å². The lowest BCUT2D eigenvalue weighted by Crippen LogP contribution is -2.06. The van der Waals surface area contributed by atoms with Crippen molar-refractivity contribution in [2.24, 2.45) is 0 Å². The number of nitrogens with zero attached hydrogens (tertiary/aromatic N) is 1. The van der Waals surface area contributed by atoms with Crippen LogP contribution >= 0.6 is 0 Å². The second kappa shape index (κ2) is 3.76. The Balaban J connectivity index is 2.70. The van der Waals surface area contributed by atoms with E-state index in [0.29, 0.717) is 22.8 Å². The number of fused-ring (bicyclic) bond motifs is 1. The Hall–Kier alpha value is -2.41. The van der Waals surface area contributed by atoms with Crippen LogP contribution < -0.4 is 5.56 Å². The summed E-state index contributed by atoms with van der Waals surface area (Å²) in [6.07, 6.45) is 1.86. The molecule has 2 aromatic rings. The number of nitrogens with one attached hydrogen (secondary N) is 1. The number of aromatic amines is 1. The van der Waals surface area contributed by atoms with Crippen molar-refractivity contribution in [3.05, 3.63) is 40.4 Å². The quantitative estimate of drug-likeness (QED) is 0.494. The summed E-state index contributed by atoms with van der Waals surface area (Å²) in [5.74, 6) is 4.90. The van der Waals surface area contributed by atoms with E-state index >= 15 is 0 Å². The van der Waals surface area contributed by atoms with Crippen molar-refractivity contribution in [2.75, 3.05) is 0 Å². The molecule has 0 bridgehead atoms. The average Bonchev–Trinajstić information content (AvgIpc) is 2.27. The fourth-order valence-electron chi connectivity index (χ4n) is 1.26. The van der Waals surface area contributed by atoms with Gasteiger partial charge in [0.1, 0.15) is 0 Å². The summed E-state index contributed by atoms with van der Waals surface area (Å²) < 4.78 is 0. The van der Waals surface area contributed by atoms with Crippen molar-refractivity contribution in [3.8, 4) is 11.8 Å². The van der Waals surface area contributed by atoms with Gasteiger partial charge in [-0.3, -0.25) is 9.59 Å². The first kappa shape index (κ1) is 9.16. The first-order valence-electron chi connectivity index (χ1n) is 4.24. The molecule has 0 saturated heterocycles. The number of benzene rings is 1. The Morgan fingerprint density at radius 2 is 2.27 bits per heavy atom. The molecule has 0 aliphatic carbocycles. The van der Waals surface area contributed by atoms with Gasteiger partial charge in [0.25, 0.3) is 5.56 Å². The van der Waals surface area contributed by atoms with Crippen LogP contribution in [0, 0.1) is 11.8 Å². The lowest BCUT2D eigenvalue weighted by molar-refractivity contribution is -0.103. The number of rotatable bonds is 0. The monoisotopic (exact) mass is 198 g/mol. The van der Waals surface area contributed by atoms with Gasteiger partial charge in [0.15, 0.2) is 6.29 Å². The number of hydrogen-bond acceptors (Lipinski definition) is 3. The van der Waals surface area contributed by atoms with E-state index in [1.54, 1.807) is 18.2 Å². The van der Waals surface area contributed by atoms with Gasteiger partial charge in [0.05, 0.1) is 17.2 Å². The van der Waals surface area contributed by atoms with Crippen molar-refractivity contribution < 1.29 is 4.79 Å². The molecule has 1 aromatic carbocycles. The Morgan fingerprint density at radius 1 is 1.40 bits per heavy atom. The molecule has 1 N–H and O–H groups in total. The number of carbonyl (C=O) groups excluding carboxylic acids is 1. The highest BCUT2D eigenvalue weighted by atomic mass is 16.1. The van der Waals surface area contributed by atoms with Crippen molar-refractivity contribution >= 4 is 17.2 Å². The van der Waals surface area contributed by atoms with Gasteiger partial charge in [0, 0.05) is 5.56 Å². The summed E-state index contributed by atoms with van der Waals surface area (Å²) in [7, 11) is 0.